The fraction of sp³-hybridized carbons (Fsp3) is 0.900. The minimum atomic E-state index is -0.833. The van der Waals surface area contributed by atoms with E-state index in [-0.39, 0.29) is 6.61 Å². The first-order chi connectivity index (χ1) is 6.46. The number of hydrogen-bond acceptors (Lipinski definition) is 3. The van der Waals surface area contributed by atoms with E-state index in [1.165, 1.54) is 0 Å². The Morgan fingerprint density at radius 1 is 1.43 bits per heavy atom. The molecule has 14 heavy (non-hydrogen) atoms. The van der Waals surface area contributed by atoms with E-state index < -0.39 is 16.8 Å². The quantitative estimate of drug-likeness (QED) is 0.713. The monoisotopic (exact) mass is 202 g/mol. The highest BCUT2D eigenvalue weighted by atomic mass is 16.5. The molecule has 0 amide bonds. The van der Waals surface area contributed by atoms with Crippen LogP contribution in [0.4, 0.5) is 0 Å². The second-order valence-corrected chi connectivity index (χ2v) is 4.54. The zero-order valence-corrected chi connectivity index (χ0v) is 8.75. The van der Waals surface area contributed by atoms with Crippen LogP contribution in [0, 0.1) is 10.8 Å². The molecule has 2 N–H and O–H groups in total. The highest BCUT2D eigenvalue weighted by Crippen LogP contribution is 2.46. The first-order valence-electron chi connectivity index (χ1n) is 4.88. The second-order valence-electron chi connectivity index (χ2n) is 4.54. The third kappa shape index (κ3) is 1.64. The van der Waals surface area contributed by atoms with Crippen LogP contribution in [0.25, 0.3) is 0 Å². The molecule has 0 aromatic rings. The summed E-state index contributed by atoms with van der Waals surface area (Å²) in [5.41, 5.74) is -1.43. The van der Waals surface area contributed by atoms with Crippen LogP contribution in [0.15, 0.2) is 0 Å². The van der Waals surface area contributed by atoms with Crippen molar-refractivity contribution in [2.75, 3.05) is 19.8 Å². The van der Waals surface area contributed by atoms with Gasteiger partial charge in [-0.3, -0.25) is 4.79 Å². The highest BCUT2D eigenvalue weighted by molar-refractivity contribution is 5.76. The van der Waals surface area contributed by atoms with Crippen LogP contribution in [-0.2, 0) is 9.53 Å². The maximum absolute atomic E-state index is 11.3. The number of aliphatic hydroxyl groups excluding tert-OH is 1. The fourth-order valence-corrected chi connectivity index (χ4v) is 2.05. The van der Waals surface area contributed by atoms with E-state index >= 15 is 0 Å². The van der Waals surface area contributed by atoms with Crippen LogP contribution in [0.1, 0.15) is 26.7 Å². The van der Waals surface area contributed by atoms with Crippen molar-refractivity contribution in [3.63, 3.8) is 0 Å². The Hall–Kier alpha value is -0.610. The molecule has 1 fully saturated rings. The molecule has 4 heteroatoms. The summed E-state index contributed by atoms with van der Waals surface area (Å²) >= 11 is 0. The van der Waals surface area contributed by atoms with Crippen molar-refractivity contribution in [3.8, 4) is 0 Å². The van der Waals surface area contributed by atoms with Gasteiger partial charge < -0.3 is 14.9 Å². The van der Waals surface area contributed by atoms with Crippen molar-refractivity contribution in [2.24, 2.45) is 10.8 Å². The van der Waals surface area contributed by atoms with Crippen LogP contribution < -0.4 is 0 Å². The van der Waals surface area contributed by atoms with Gasteiger partial charge in [-0.05, 0) is 12.8 Å². The number of rotatable bonds is 3. The SMILES string of the molecule is CC(C)(CO)C1(C(=O)O)CCOCC1. The Morgan fingerprint density at radius 3 is 2.29 bits per heavy atom. The predicted octanol–water partition coefficient (Wildman–Crippen LogP) is 0.886. The van der Waals surface area contributed by atoms with Crippen molar-refractivity contribution in [1.29, 1.82) is 0 Å². The molecule has 1 heterocycles. The minimum Gasteiger partial charge on any atom is -0.481 e. The Labute approximate surface area is 83.9 Å². The van der Waals surface area contributed by atoms with Gasteiger partial charge in [0.1, 0.15) is 0 Å². The number of carbonyl (C=O) groups is 1. The molecule has 82 valence electrons. The lowest BCUT2D eigenvalue weighted by atomic mass is 9.61. The van der Waals surface area contributed by atoms with Crippen LogP contribution >= 0.6 is 0 Å². The summed E-state index contributed by atoms with van der Waals surface area (Å²) in [5, 5.41) is 18.5. The van der Waals surface area contributed by atoms with Crippen molar-refractivity contribution in [2.45, 2.75) is 26.7 Å². The molecular formula is C10H18O4. The topological polar surface area (TPSA) is 66.8 Å². The van der Waals surface area contributed by atoms with E-state index in [0.717, 1.165) is 0 Å². The lowest BCUT2D eigenvalue weighted by Crippen LogP contribution is -2.50. The average molecular weight is 202 g/mol. The molecule has 0 spiro atoms. The van der Waals surface area contributed by atoms with Gasteiger partial charge in [0.15, 0.2) is 0 Å². The van der Waals surface area contributed by atoms with Crippen LogP contribution in [0.5, 0.6) is 0 Å². The van der Waals surface area contributed by atoms with Gasteiger partial charge in [-0.1, -0.05) is 13.8 Å². The number of carboxylic acid groups (broad SMARTS) is 1. The van der Waals surface area contributed by atoms with E-state index in [9.17, 15) is 15.0 Å². The maximum atomic E-state index is 11.3. The Kier molecular flexibility index (Phi) is 3.17. The van der Waals surface area contributed by atoms with E-state index in [0.29, 0.717) is 26.1 Å². The molecule has 0 saturated carbocycles. The van der Waals surface area contributed by atoms with E-state index in [1.54, 1.807) is 13.8 Å². The van der Waals surface area contributed by atoms with Crippen LogP contribution in [-0.4, -0.2) is 36.0 Å². The summed E-state index contributed by atoms with van der Waals surface area (Å²) in [4.78, 5) is 11.3. The predicted molar refractivity (Wildman–Crippen MR) is 51.0 cm³/mol. The summed E-state index contributed by atoms with van der Waals surface area (Å²) in [7, 11) is 0. The number of hydrogen-bond donors (Lipinski definition) is 2. The van der Waals surface area contributed by atoms with Gasteiger partial charge in [0, 0.05) is 25.2 Å². The van der Waals surface area contributed by atoms with Gasteiger partial charge in [0.05, 0.1) is 5.41 Å². The van der Waals surface area contributed by atoms with Gasteiger partial charge in [-0.2, -0.15) is 0 Å². The van der Waals surface area contributed by atoms with E-state index in [4.69, 9.17) is 4.74 Å². The van der Waals surface area contributed by atoms with Gasteiger partial charge in [0.2, 0.25) is 0 Å². The number of ether oxygens (including phenoxy) is 1. The molecule has 1 saturated heterocycles. The Balaban J connectivity index is 2.97. The fourth-order valence-electron chi connectivity index (χ4n) is 2.05. The standard InChI is InChI=1S/C10H18O4/c1-9(2,7-11)10(8(12)13)3-5-14-6-4-10/h11H,3-7H2,1-2H3,(H,12,13). The molecular weight excluding hydrogens is 184 g/mol. The number of aliphatic carboxylic acids is 1. The summed E-state index contributed by atoms with van der Waals surface area (Å²) < 4.78 is 5.17. The summed E-state index contributed by atoms with van der Waals surface area (Å²) in [6, 6.07) is 0. The van der Waals surface area contributed by atoms with E-state index in [1.807, 2.05) is 0 Å². The number of carboxylic acids is 1. The normalized spacial score (nSPS) is 21.9. The summed E-state index contributed by atoms with van der Waals surface area (Å²) in [5.74, 6) is -0.820. The first-order valence-corrected chi connectivity index (χ1v) is 4.88. The van der Waals surface area contributed by atoms with Crippen molar-refractivity contribution in [1.82, 2.24) is 0 Å². The van der Waals surface area contributed by atoms with E-state index in [2.05, 4.69) is 0 Å². The van der Waals surface area contributed by atoms with Gasteiger partial charge in [-0.25, -0.2) is 0 Å². The molecule has 0 radical (unpaired) electrons. The van der Waals surface area contributed by atoms with Crippen molar-refractivity contribution >= 4 is 5.97 Å². The molecule has 0 aromatic heterocycles. The Morgan fingerprint density at radius 2 is 1.93 bits per heavy atom. The smallest absolute Gasteiger partial charge is 0.310 e. The molecule has 0 atom stereocenters. The molecule has 0 aromatic carbocycles. The molecule has 4 nitrogen and oxygen atoms in total. The number of aliphatic hydroxyl groups is 1. The van der Waals surface area contributed by atoms with Crippen molar-refractivity contribution < 1.29 is 19.7 Å². The van der Waals surface area contributed by atoms with Gasteiger partial charge >= 0.3 is 5.97 Å². The van der Waals surface area contributed by atoms with Gasteiger partial charge in [-0.15, -0.1) is 0 Å². The first kappa shape index (κ1) is 11.5. The highest BCUT2D eigenvalue weighted by Gasteiger charge is 2.51. The zero-order chi connectivity index (χ0) is 10.8. The van der Waals surface area contributed by atoms with Gasteiger partial charge in [0.25, 0.3) is 0 Å². The summed E-state index contributed by atoms with van der Waals surface area (Å²) in [6.45, 7) is 4.42. The zero-order valence-electron chi connectivity index (χ0n) is 8.75. The molecule has 1 aliphatic heterocycles. The van der Waals surface area contributed by atoms with Crippen LogP contribution in [0.3, 0.4) is 0 Å². The van der Waals surface area contributed by atoms with Crippen molar-refractivity contribution in [3.05, 3.63) is 0 Å². The Bertz CT molecular complexity index is 216. The lowest BCUT2D eigenvalue weighted by Gasteiger charge is -2.44. The molecule has 0 aliphatic carbocycles. The summed E-state index contributed by atoms with van der Waals surface area (Å²) in [6.07, 6.45) is 0.964. The second kappa shape index (κ2) is 3.87. The molecule has 1 aliphatic rings. The minimum absolute atomic E-state index is 0.112. The molecule has 0 bridgehead atoms. The molecule has 0 unspecified atom stereocenters. The molecule has 1 rings (SSSR count). The lowest BCUT2D eigenvalue weighted by molar-refractivity contribution is -0.169. The maximum Gasteiger partial charge on any atom is 0.310 e. The third-order valence-corrected chi connectivity index (χ3v) is 3.45. The largest absolute Gasteiger partial charge is 0.481 e. The average Bonchev–Trinajstić information content (AvgIpc) is 2.18. The third-order valence-electron chi connectivity index (χ3n) is 3.45. The van der Waals surface area contributed by atoms with Crippen LogP contribution in [0.2, 0.25) is 0 Å².